The van der Waals surface area contributed by atoms with E-state index in [-0.39, 0.29) is 0 Å². The Morgan fingerprint density at radius 3 is 1.53 bits per heavy atom. The van der Waals surface area contributed by atoms with Crippen LogP contribution in [0.25, 0.3) is 0 Å². The molecule has 0 atom stereocenters. The maximum atomic E-state index is 6.19. The first kappa shape index (κ1) is 30.9. The van der Waals surface area contributed by atoms with Crippen LogP contribution in [0.2, 0.25) is 0 Å². The number of aryl methyl sites for hydroxylation is 3. The van der Waals surface area contributed by atoms with Crippen LogP contribution in [-0.4, -0.2) is 26.2 Å². The number of rotatable bonds is 10. The van der Waals surface area contributed by atoms with Crippen LogP contribution < -0.4 is 14.5 Å². The van der Waals surface area contributed by atoms with E-state index in [4.69, 9.17) is 8.21 Å². The third-order valence-corrected chi connectivity index (χ3v) is 14.8. The van der Waals surface area contributed by atoms with Crippen molar-refractivity contribution < 1.29 is 21.6 Å². The van der Waals surface area contributed by atoms with Gasteiger partial charge in [0.2, 0.25) is 0 Å². The number of nitrogens with zero attached hydrogens (tertiary/aromatic N) is 3. The Hall–Kier alpha value is -4.12. The Labute approximate surface area is 272 Å². The Kier molecular flexibility index (Phi) is 9.54. The summed E-state index contributed by atoms with van der Waals surface area (Å²) >= 11 is -3.27. The Bertz CT molecular complexity index is 1630. The van der Waals surface area contributed by atoms with Gasteiger partial charge in [-0.1, -0.05) is 0 Å². The molecule has 6 rings (SSSR count). The van der Waals surface area contributed by atoms with Gasteiger partial charge in [-0.3, -0.25) is 0 Å². The SMILES string of the molecule is COc1ccccc1N1CCN(c2c(C)cc(C)cc2C)/C1=[N]\[Ti]([CH2]c1ccccc1)([CH2]c1ccccc1)[CH2]c1ccccc1. The van der Waals surface area contributed by atoms with E-state index < -0.39 is 16.8 Å². The summed E-state index contributed by atoms with van der Waals surface area (Å²) in [6, 6.07) is 46.1. The van der Waals surface area contributed by atoms with Crippen molar-refractivity contribution in [2.45, 2.75) is 34.9 Å². The van der Waals surface area contributed by atoms with E-state index in [1.165, 1.54) is 39.1 Å². The van der Waals surface area contributed by atoms with E-state index in [2.05, 4.69) is 152 Å². The second kappa shape index (κ2) is 13.9. The van der Waals surface area contributed by atoms with Crippen molar-refractivity contribution in [2.75, 3.05) is 30.0 Å². The minimum atomic E-state index is -3.27. The van der Waals surface area contributed by atoms with Gasteiger partial charge < -0.3 is 0 Å². The number of anilines is 2. The second-order valence-corrected chi connectivity index (χ2v) is 18.2. The zero-order valence-electron chi connectivity index (χ0n) is 26.9. The topological polar surface area (TPSA) is 28.1 Å². The molecule has 5 heteroatoms. The van der Waals surface area contributed by atoms with E-state index in [0.29, 0.717) is 0 Å². The van der Waals surface area contributed by atoms with Crippen LogP contribution in [0.5, 0.6) is 5.75 Å². The number of methoxy groups -OCH3 is 1. The molecule has 4 nitrogen and oxygen atoms in total. The molecule has 1 fully saturated rings. The standard InChI is InChI=1S/C19H22N3O.3C7H7.Ti/c1-13-11-14(2)18(15(3)12-13)22-10-9-21(19(22)20)16-7-5-6-8-17(16)23-4;3*1-7-5-3-2-4-6-7;/h5-8,11-12H,9-10H2,1-4H3;3*2-6H,1H2;/q-1;;;;+1. The third-order valence-electron chi connectivity index (χ3n) is 8.78. The Morgan fingerprint density at radius 2 is 1.04 bits per heavy atom. The van der Waals surface area contributed by atoms with Crippen LogP contribution in [0.1, 0.15) is 33.4 Å². The van der Waals surface area contributed by atoms with Gasteiger partial charge in [-0.05, 0) is 0 Å². The summed E-state index contributed by atoms with van der Waals surface area (Å²) in [4.78, 5) is 4.91. The molecular weight excluding hydrogens is 586 g/mol. The van der Waals surface area contributed by atoms with Gasteiger partial charge in [-0.25, -0.2) is 0 Å². The number of benzene rings is 5. The Morgan fingerprint density at radius 1 is 0.600 bits per heavy atom. The first-order valence-electron chi connectivity index (χ1n) is 15.9. The molecule has 1 aliphatic heterocycles. The Balaban J connectivity index is 1.60. The molecule has 0 aromatic heterocycles. The third kappa shape index (κ3) is 7.09. The van der Waals surface area contributed by atoms with Gasteiger partial charge in [-0.15, -0.1) is 0 Å². The van der Waals surface area contributed by atoms with E-state index in [1.807, 2.05) is 6.07 Å². The molecular formula is C40H43N3OTi. The number of ether oxygens (including phenoxy) is 1. The monoisotopic (exact) mass is 629 g/mol. The summed E-state index contributed by atoms with van der Waals surface area (Å²) in [7, 11) is 1.76. The molecule has 0 saturated carbocycles. The van der Waals surface area contributed by atoms with E-state index in [0.717, 1.165) is 44.7 Å². The van der Waals surface area contributed by atoms with Crippen molar-refractivity contribution in [3.8, 4) is 5.75 Å². The minimum absolute atomic E-state index is 0.840. The molecule has 0 radical (unpaired) electrons. The van der Waals surface area contributed by atoms with Gasteiger partial charge in [0.25, 0.3) is 0 Å². The van der Waals surface area contributed by atoms with Crippen molar-refractivity contribution in [3.05, 3.63) is 161 Å². The molecule has 0 bridgehead atoms. The first-order valence-corrected chi connectivity index (χ1v) is 19.9. The van der Waals surface area contributed by atoms with Crippen LogP contribution in [0.4, 0.5) is 11.4 Å². The fourth-order valence-electron chi connectivity index (χ4n) is 7.00. The predicted molar refractivity (Wildman–Crippen MR) is 186 cm³/mol. The van der Waals surface area contributed by atoms with E-state index in [9.17, 15) is 0 Å². The molecule has 0 unspecified atom stereocenters. The van der Waals surface area contributed by atoms with Crippen LogP contribution in [-0.2, 0) is 31.0 Å². The van der Waals surface area contributed by atoms with E-state index in [1.54, 1.807) is 7.11 Å². The van der Waals surface area contributed by atoms with E-state index >= 15 is 0 Å². The molecule has 0 spiro atoms. The molecule has 1 aliphatic rings. The van der Waals surface area contributed by atoms with Gasteiger partial charge in [0, 0.05) is 0 Å². The van der Waals surface area contributed by atoms with Crippen molar-refractivity contribution in [2.24, 2.45) is 3.47 Å². The fourth-order valence-corrected chi connectivity index (χ4v) is 13.7. The number of para-hydroxylation sites is 2. The molecule has 45 heavy (non-hydrogen) atoms. The van der Waals surface area contributed by atoms with Crippen molar-refractivity contribution in [1.29, 1.82) is 0 Å². The van der Waals surface area contributed by atoms with Crippen LogP contribution >= 0.6 is 0 Å². The fraction of sp³-hybridized carbons (Fsp3) is 0.225. The predicted octanol–water partition coefficient (Wildman–Crippen LogP) is 8.97. The average molecular weight is 630 g/mol. The molecule has 228 valence electrons. The number of guanidine groups is 1. The molecule has 0 amide bonds. The molecule has 0 N–H and O–H groups in total. The van der Waals surface area contributed by atoms with Gasteiger partial charge in [0.05, 0.1) is 0 Å². The second-order valence-electron chi connectivity index (χ2n) is 12.3. The normalized spacial score (nSPS) is 14.3. The van der Waals surface area contributed by atoms with Crippen LogP contribution in [0.15, 0.2) is 131 Å². The average Bonchev–Trinajstić information content (AvgIpc) is 3.44. The number of hydrogen-bond donors (Lipinski definition) is 0. The van der Waals surface area contributed by atoms with Gasteiger partial charge >= 0.3 is 274 Å². The van der Waals surface area contributed by atoms with Crippen LogP contribution in [0, 0.1) is 20.8 Å². The summed E-state index contributed by atoms with van der Waals surface area (Å²) < 4.78 is 15.1. The van der Waals surface area contributed by atoms with Crippen molar-refractivity contribution >= 4 is 17.3 Å². The summed E-state index contributed by atoms with van der Waals surface area (Å²) in [5, 5.41) is 0. The van der Waals surface area contributed by atoms with Crippen LogP contribution in [0.3, 0.4) is 0 Å². The summed E-state index contributed by atoms with van der Waals surface area (Å²) in [6.07, 6.45) is 0. The van der Waals surface area contributed by atoms with Crippen molar-refractivity contribution in [1.82, 2.24) is 0 Å². The molecule has 5 aromatic carbocycles. The zero-order chi connectivity index (χ0) is 31.2. The molecule has 1 heterocycles. The number of hydrogen-bond acceptors (Lipinski definition) is 2. The maximum absolute atomic E-state index is 6.19. The summed E-state index contributed by atoms with van der Waals surface area (Å²) in [6.45, 7) is 8.37. The first-order chi connectivity index (χ1) is 21.9. The quantitative estimate of drug-likeness (QED) is 0.144. The van der Waals surface area contributed by atoms with Crippen molar-refractivity contribution in [3.63, 3.8) is 0 Å². The molecule has 1 saturated heterocycles. The summed E-state index contributed by atoms with van der Waals surface area (Å²) in [5.74, 6) is 1.93. The molecule has 0 aliphatic carbocycles. The molecule has 5 aromatic rings. The summed E-state index contributed by atoms with van der Waals surface area (Å²) in [5.41, 5.74) is 10.3. The van der Waals surface area contributed by atoms with Gasteiger partial charge in [0.1, 0.15) is 0 Å². The van der Waals surface area contributed by atoms with Gasteiger partial charge in [-0.2, -0.15) is 0 Å². The zero-order valence-corrected chi connectivity index (χ0v) is 28.5. The van der Waals surface area contributed by atoms with Gasteiger partial charge in [0.15, 0.2) is 0 Å².